The number of hydrogen-bond donors (Lipinski definition) is 0. The minimum absolute atomic E-state index is 0.368. The van der Waals surface area contributed by atoms with E-state index in [1.54, 1.807) is 0 Å². The van der Waals surface area contributed by atoms with Crippen LogP contribution in [0.3, 0.4) is 0 Å². The molecule has 0 bridgehead atoms. The van der Waals surface area contributed by atoms with Crippen LogP contribution in [0.2, 0.25) is 0 Å². The summed E-state index contributed by atoms with van der Waals surface area (Å²) < 4.78 is 12.8. The van der Waals surface area contributed by atoms with E-state index in [1.807, 2.05) is 0 Å². The average Bonchev–Trinajstić information content (AvgIpc) is 3.16. The van der Waals surface area contributed by atoms with Crippen molar-refractivity contribution in [1.29, 1.82) is 0 Å². The van der Waals surface area contributed by atoms with Crippen molar-refractivity contribution >= 4 is 114 Å². The van der Waals surface area contributed by atoms with Gasteiger partial charge in [0.15, 0.2) is 0 Å². The molecule has 196 valence electrons. The van der Waals surface area contributed by atoms with E-state index in [2.05, 4.69) is 142 Å². The van der Waals surface area contributed by atoms with Crippen LogP contribution in [0.5, 0.6) is 0 Å². The summed E-state index contributed by atoms with van der Waals surface area (Å²) in [5.41, 5.74) is 13.6. The van der Waals surface area contributed by atoms with Crippen LogP contribution in [0.25, 0.3) is 43.8 Å². The molecule has 0 atom stereocenters. The lowest BCUT2D eigenvalue weighted by Gasteiger charge is -2.32. The summed E-state index contributed by atoms with van der Waals surface area (Å²) in [6, 6.07) is 24.2. The summed E-state index contributed by atoms with van der Waals surface area (Å²) >= 11 is 0. The van der Waals surface area contributed by atoms with Gasteiger partial charge in [-0.2, -0.15) is 0 Å². The monoisotopic (exact) mass is 528 g/mol. The van der Waals surface area contributed by atoms with Crippen LogP contribution in [-0.4, -0.2) is 65.4 Å². The number of rotatable bonds is 3. The summed E-state index contributed by atoms with van der Waals surface area (Å²) in [7, 11) is 13.4. The first-order chi connectivity index (χ1) is 19.3. The smallest absolute Gasteiger partial charge is 0.399 e. The topological polar surface area (TPSA) is 18.5 Å². The van der Waals surface area contributed by atoms with Gasteiger partial charge in [-0.25, -0.2) is 0 Å². The summed E-state index contributed by atoms with van der Waals surface area (Å²) in [5, 5.41) is 5.35. The molecule has 1 fully saturated rings. The Labute approximate surface area is 250 Å². The van der Waals surface area contributed by atoms with Crippen molar-refractivity contribution in [3.8, 4) is 22.3 Å². The molecule has 2 nitrogen and oxygen atoms in total. The number of fused-ring (bicyclic) bond motifs is 2. The Kier molecular flexibility index (Phi) is 6.71. The third-order valence-corrected chi connectivity index (χ3v) is 10.1. The van der Waals surface area contributed by atoms with E-state index in [-0.39, 0.29) is 18.3 Å². The van der Waals surface area contributed by atoms with Crippen LogP contribution in [0, 0.1) is 0 Å². The van der Waals surface area contributed by atoms with Crippen molar-refractivity contribution in [3.05, 3.63) is 66.7 Å². The van der Waals surface area contributed by atoms with E-state index in [0.717, 1.165) is 5.46 Å². The Hall–Kier alpha value is -3.01. The molecular formula is C32H35B7O2. The summed E-state index contributed by atoms with van der Waals surface area (Å²) in [6.07, 6.45) is 0. The Balaban J connectivity index is 1.57. The van der Waals surface area contributed by atoms with Crippen LogP contribution >= 0.6 is 0 Å². The van der Waals surface area contributed by atoms with Crippen LogP contribution in [0.15, 0.2) is 66.7 Å². The highest BCUT2D eigenvalue weighted by Crippen LogP contribution is 2.36. The first-order valence-corrected chi connectivity index (χ1v) is 14.8. The lowest BCUT2D eigenvalue weighted by molar-refractivity contribution is 0.00578. The zero-order chi connectivity index (χ0) is 29.4. The second-order valence-corrected chi connectivity index (χ2v) is 13.0. The van der Waals surface area contributed by atoms with Crippen LogP contribution in [0.1, 0.15) is 27.7 Å². The van der Waals surface area contributed by atoms with Gasteiger partial charge in [-0.05, 0) is 77.0 Å². The van der Waals surface area contributed by atoms with Gasteiger partial charge in [-0.1, -0.05) is 99.5 Å². The van der Waals surface area contributed by atoms with Crippen molar-refractivity contribution in [2.75, 3.05) is 0 Å². The van der Waals surface area contributed by atoms with Crippen molar-refractivity contribution in [2.24, 2.45) is 0 Å². The molecule has 0 aromatic heterocycles. The van der Waals surface area contributed by atoms with Gasteiger partial charge in [0.05, 0.1) is 11.2 Å². The average molecular weight is 527 g/mol. The second kappa shape index (κ2) is 9.78. The van der Waals surface area contributed by atoms with E-state index in [1.165, 1.54) is 76.6 Å². The molecule has 1 saturated heterocycles. The van der Waals surface area contributed by atoms with Gasteiger partial charge in [0.25, 0.3) is 0 Å². The van der Waals surface area contributed by atoms with Crippen molar-refractivity contribution in [1.82, 2.24) is 0 Å². The van der Waals surface area contributed by atoms with Gasteiger partial charge in [0.1, 0.15) is 47.1 Å². The summed E-state index contributed by atoms with van der Waals surface area (Å²) in [4.78, 5) is 0. The molecule has 9 heteroatoms. The van der Waals surface area contributed by atoms with E-state index in [4.69, 9.17) is 9.31 Å². The van der Waals surface area contributed by atoms with E-state index < -0.39 is 0 Å². The maximum absolute atomic E-state index is 6.41. The molecule has 0 N–H and O–H groups in total. The molecule has 0 unspecified atom stereocenters. The predicted molar refractivity (Wildman–Crippen MR) is 197 cm³/mol. The second-order valence-electron chi connectivity index (χ2n) is 13.0. The van der Waals surface area contributed by atoms with E-state index in [9.17, 15) is 0 Å². The highest BCUT2D eigenvalue weighted by Gasteiger charge is 2.51. The number of benzene rings is 5. The third kappa shape index (κ3) is 4.27. The van der Waals surface area contributed by atoms with Gasteiger partial charge in [-0.15, -0.1) is 0 Å². The fourth-order valence-electron chi connectivity index (χ4n) is 6.98. The zero-order valence-corrected chi connectivity index (χ0v) is 26.2. The van der Waals surface area contributed by atoms with Crippen LogP contribution in [0.4, 0.5) is 0 Å². The Morgan fingerprint density at radius 2 is 1.10 bits per heavy atom. The molecule has 1 aliphatic heterocycles. The fraction of sp³-hybridized carbons (Fsp3) is 0.188. The molecule has 0 amide bonds. The zero-order valence-electron chi connectivity index (χ0n) is 26.2. The van der Waals surface area contributed by atoms with Crippen LogP contribution in [-0.2, 0) is 9.31 Å². The lowest BCUT2D eigenvalue weighted by atomic mass is 9.60. The van der Waals surface area contributed by atoms with Gasteiger partial charge >= 0.3 is 7.12 Å². The SMILES string of the molecule is Bc1c(-c2cccc3ccccc23)c(B)c2c(B)c(B)c(-c3cccc(B4OC(C)(C)C(C)(C)O4)c3)c(B)c2c1B. The Bertz CT molecular complexity index is 1860. The maximum atomic E-state index is 6.41. The maximum Gasteiger partial charge on any atom is 0.494 e. The van der Waals surface area contributed by atoms with Gasteiger partial charge < -0.3 is 9.31 Å². The molecule has 0 saturated carbocycles. The minimum Gasteiger partial charge on any atom is -0.399 e. The van der Waals surface area contributed by atoms with Gasteiger partial charge in [0.2, 0.25) is 0 Å². The van der Waals surface area contributed by atoms with Gasteiger partial charge in [0, 0.05) is 0 Å². The standard InChI is InChI=1S/C32H35B7O2/c1-31(2)32(3,4)41-39(40-31)18-12-7-11-17(15-18)21-25(33)23-24(29(37)27(21)35)26(34)22(28(36)30(23)38)20-14-8-10-16-9-5-6-13-19(16)20/h5-15H,33-38H2,1-4H3. The molecule has 5 aromatic rings. The van der Waals surface area contributed by atoms with Crippen molar-refractivity contribution in [3.63, 3.8) is 0 Å². The molecule has 6 rings (SSSR count). The molecule has 5 aromatic carbocycles. The highest BCUT2D eigenvalue weighted by atomic mass is 16.7. The quantitative estimate of drug-likeness (QED) is 0.236. The van der Waals surface area contributed by atoms with Crippen LogP contribution < -0.4 is 38.2 Å². The fourth-order valence-corrected chi connectivity index (χ4v) is 6.98. The van der Waals surface area contributed by atoms with Gasteiger partial charge in [-0.3, -0.25) is 0 Å². The Morgan fingerprint density at radius 3 is 1.76 bits per heavy atom. The first-order valence-electron chi connectivity index (χ1n) is 14.8. The van der Waals surface area contributed by atoms with E-state index >= 15 is 0 Å². The normalized spacial score (nSPS) is 16.0. The predicted octanol–water partition coefficient (Wildman–Crippen LogP) is -2.82. The summed E-state index contributed by atoms with van der Waals surface area (Å²) in [6.45, 7) is 8.44. The van der Waals surface area contributed by atoms with E-state index in [0.29, 0.717) is 0 Å². The molecule has 0 radical (unpaired) electrons. The molecule has 1 aliphatic rings. The molecule has 41 heavy (non-hydrogen) atoms. The third-order valence-electron chi connectivity index (χ3n) is 10.1. The Morgan fingerprint density at radius 1 is 0.561 bits per heavy atom. The van der Waals surface area contributed by atoms with Crippen molar-refractivity contribution < 1.29 is 9.31 Å². The molecule has 0 aliphatic carbocycles. The molecule has 0 spiro atoms. The first kappa shape index (κ1) is 28.1. The highest BCUT2D eigenvalue weighted by molar-refractivity contribution is 6.68. The molecule has 1 heterocycles. The molecular weight excluding hydrogens is 492 g/mol. The van der Waals surface area contributed by atoms with Crippen molar-refractivity contribution in [2.45, 2.75) is 38.9 Å². The number of hydrogen-bond acceptors (Lipinski definition) is 2. The minimum atomic E-state index is -0.378. The summed E-state index contributed by atoms with van der Waals surface area (Å²) in [5.74, 6) is 0. The lowest BCUT2D eigenvalue weighted by Crippen LogP contribution is -2.44. The largest absolute Gasteiger partial charge is 0.494 e.